The Balaban J connectivity index is 2.32. The predicted molar refractivity (Wildman–Crippen MR) is 84.8 cm³/mol. The Kier molecular flexibility index (Phi) is 5.03. The molecule has 2 rings (SSSR count). The van der Waals surface area contributed by atoms with Crippen molar-refractivity contribution >= 4 is 11.8 Å². The van der Waals surface area contributed by atoms with E-state index in [0.29, 0.717) is 10.9 Å². The average molecular weight is 305 g/mol. The van der Waals surface area contributed by atoms with Gasteiger partial charge in [0.05, 0.1) is 12.4 Å². The van der Waals surface area contributed by atoms with Gasteiger partial charge in [-0.3, -0.25) is 4.79 Å². The van der Waals surface area contributed by atoms with E-state index in [1.807, 2.05) is 31.2 Å². The van der Waals surface area contributed by atoms with E-state index in [0.717, 1.165) is 11.3 Å². The molecule has 6 heteroatoms. The maximum atomic E-state index is 11.5. The van der Waals surface area contributed by atoms with Crippen molar-refractivity contribution < 1.29 is 4.74 Å². The van der Waals surface area contributed by atoms with Crippen molar-refractivity contribution in [2.75, 3.05) is 7.11 Å². The van der Waals surface area contributed by atoms with E-state index in [-0.39, 0.29) is 16.9 Å². The van der Waals surface area contributed by atoms with Crippen LogP contribution < -0.4 is 16.0 Å². The van der Waals surface area contributed by atoms with Crippen LogP contribution in [0.2, 0.25) is 0 Å². The molecule has 0 fully saturated rings. The number of benzene rings is 1. The van der Waals surface area contributed by atoms with Gasteiger partial charge in [-0.2, -0.15) is 0 Å². The molecule has 1 aromatic heterocycles. The van der Waals surface area contributed by atoms with Crippen molar-refractivity contribution in [1.29, 1.82) is 0 Å². The SMILES string of the molecule is COc1cccc(C(Sc2nc(C)cc(=O)[nH]2)C(C)N)c1. The summed E-state index contributed by atoms with van der Waals surface area (Å²) in [5.41, 5.74) is 7.68. The van der Waals surface area contributed by atoms with Crippen molar-refractivity contribution in [2.45, 2.75) is 30.3 Å². The molecule has 0 saturated carbocycles. The number of hydrogen-bond donors (Lipinski definition) is 2. The molecule has 0 spiro atoms. The maximum absolute atomic E-state index is 11.5. The monoisotopic (exact) mass is 305 g/mol. The van der Waals surface area contributed by atoms with E-state index >= 15 is 0 Å². The standard InChI is InChI=1S/C15H19N3O2S/c1-9-7-13(19)18-15(17-9)21-14(10(2)16)11-5-4-6-12(8-11)20-3/h4-8,10,14H,16H2,1-3H3,(H,17,18,19). The van der Waals surface area contributed by atoms with Gasteiger partial charge in [-0.15, -0.1) is 0 Å². The van der Waals surface area contributed by atoms with Crippen molar-refractivity contribution in [3.05, 3.63) is 51.9 Å². The molecule has 0 aliphatic heterocycles. The summed E-state index contributed by atoms with van der Waals surface area (Å²) in [5, 5.41) is 0.551. The second-order valence-electron chi connectivity index (χ2n) is 4.87. The molecule has 3 N–H and O–H groups in total. The van der Waals surface area contributed by atoms with Gasteiger partial charge >= 0.3 is 0 Å². The Morgan fingerprint density at radius 1 is 1.38 bits per heavy atom. The van der Waals surface area contributed by atoms with E-state index in [4.69, 9.17) is 10.5 Å². The molecule has 1 aromatic carbocycles. The molecule has 0 amide bonds. The highest BCUT2D eigenvalue weighted by molar-refractivity contribution is 7.99. The number of ether oxygens (including phenoxy) is 1. The molecule has 2 unspecified atom stereocenters. The predicted octanol–water partition coefficient (Wildman–Crippen LogP) is 2.27. The summed E-state index contributed by atoms with van der Waals surface area (Å²) in [5.74, 6) is 0.782. The second kappa shape index (κ2) is 6.78. The maximum Gasteiger partial charge on any atom is 0.251 e. The minimum absolute atomic E-state index is 0.0231. The first kappa shape index (κ1) is 15.6. The summed E-state index contributed by atoms with van der Waals surface area (Å²) in [6.07, 6.45) is 0. The van der Waals surface area contributed by atoms with Gasteiger partial charge in [0, 0.05) is 17.8 Å². The smallest absolute Gasteiger partial charge is 0.251 e. The minimum Gasteiger partial charge on any atom is -0.497 e. The van der Waals surface area contributed by atoms with Crippen LogP contribution in [0.4, 0.5) is 0 Å². The third-order valence-electron chi connectivity index (χ3n) is 2.99. The number of nitrogens with zero attached hydrogens (tertiary/aromatic N) is 1. The number of nitrogens with one attached hydrogen (secondary N) is 1. The Morgan fingerprint density at radius 2 is 2.14 bits per heavy atom. The third-order valence-corrected chi connectivity index (χ3v) is 4.36. The zero-order valence-corrected chi connectivity index (χ0v) is 13.1. The van der Waals surface area contributed by atoms with Crippen molar-refractivity contribution in [2.24, 2.45) is 5.73 Å². The third kappa shape index (κ3) is 4.09. The first-order valence-corrected chi connectivity index (χ1v) is 7.51. The number of nitrogens with two attached hydrogens (primary N) is 1. The molecule has 0 bridgehead atoms. The average Bonchev–Trinajstić information content (AvgIpc) is 2.43. The summed E-state index contributed by atoms with van der Waals surface area (Å²) >= 11 is 1.45. The van der Waals surface area contributed by atoms with Gasteiger partial charge in [0.15, 0.2) is 5.16 Å². The molecular formula is C15H19N3O2S. The Labute approximate surface area is 127 Å². The van der Waals surface area contributed by atoms with Gasteiger partial charge < -0.3 is 15.5 Å². The molecular weight excluding hydrogens is 286 g/mol. The molecule has 2 atom stereocenters. The van der Waals surface area contributed by atoms with Crippen LogP contribution in [0.5, 0.6) is 5.75 Å². The zero-order valence-electron chi connectivity index (χ0n) is 12.3. The number of rotatable bonds is 5. The topological polar surface area (TPSA) is 81.0 Å². The van der Waals surface area contributed by atoms with Gasteiger partial charge in [0.2, 0.25) is 0 Å². The number of methoxy groups -OCH3 is 1. The Bertz CT molecular complexity index is 670. The van der Waals surface area contributed by atoms with Gasteiger partial charge in [-0.1, -0.05) is 23.9 Å². The van der Waals surface area contributed by atoms with E-state index in [9.17, 15) is 4.79 Å². The van der Waals surface area contributed by atoms with Gasteiger partial charge in [0.25, 0.3) is 5.56 Å². The van der Waals surface area contributed by atoms with Gasteiger partial charge in [-0.05, 0) is 31.5 Å². The Hall–Kier alpha value is -1.79. The van der Waals surface area contributed by atoms with Crippen LogP contribution in [0.3, 0.4) is 0 Å². The molecule has 1 heterocycles. The molecule has 0 radical (unpaired) electrons. The number of aromatic nitrogens is 2. The van der Waals surface area contributed by atoms with Crippen LogP contribution in [0.15, 0.2) is 40.3 Å². The highest BCUT2D eigenvalue weighted by Gasteiger charge is 2.19. The molecule has 112 valence electrons. The Morgan fingerprint density at radius 3 is 2.76 bits per heavy atom. The summed E-state index contributed by atoms with van der Waals surface area (Å²) in [6.45, 7) is 3.73. The fraction of sp³-hybridized carbons (Fsp3) is 0.333. The summed E-state index contributed by atoms with van der Waals surface area (Å²) in [4.78, 5) is 18.6. The zero-order chi connectivity index (χ0) is 15.4. The normalized spacial score (nSPS) is 13.7. The fourth-order valence-electron chi connectivity index (χ4n) is 2.03. The lowest BCUT2D eigenvalue weighted by Gasteiger charge is -2.20. The second-order valence-corrected chi connectivity index (χ2v) is 6.00. The number of hydrogen-bond acceptors (Lipinski definition) is 5. The van der Waals surface area contributed by atoms with Crippen LogP contribution >= 0.6 is 11.8 Å². The van der Waals surface area contributed by atoms with E-state index < -0.39 is 0 Å². The van der Waals surface area contributed by atoms with Crippen LogP contribution in [0.1, 0.15) is 23.4 Å². The minimum atomic E-state index is -0.154. The van der Waals surface area contributed by atoms with E-state index in [1.165, 1.54) is 17.8 Å². The lowest BCUT2D eigenvalue weighted by Crippen LogP contribution is -2.23. The molecule has 5 nitrogen and oxygen atoms in total. The number of H-pyrrole nitrogens is 1. The molecule has 0 aliphatic carbocycles. The first-order chi connectivity index (χ1) is 9.99. The molecule has 0 saturated heterocycles. The van der Waals surface area contributed by atoms with Gasteiger partial charge in [0.1, 0.15) is 5.75 Å². The summed E-state index contributed by atoms with van der Waals surface area (Å²) in [6, 6.07) is 9.13. The lowest BCUT2D eigenvalue weighted by molar-refractivity contribution is 0.414. The van der Waals surface area contributed by atoms with Crippen LogP contribution in [0, 0.1) is 6.92 Å². The number of aromatic amines is 1. The molecule has 2 aromatic rings. The highest BCUT2D eigenvalue weighted by Crippen LogP contribution is 2.36. The largest absolute Gasteiger partial charge is 0.497 e. The summed E-state index contributed by atoms with van der Waals surface area (Å²) in [7, 11) is 1.63. The van der Waals surface area contributed by atoms with Crippen LogP contribution in [0.25, 0.3) is 0 Å². The van der Waals surface area contributed by atoms with Crippen molar-refractivity contribution in [1.82, 2.24) is 9.97 Å². The van der Waals surface area contributed by atoms with Crippen LogP contribution in [-0.2, 0) is 0 Å². The highest BCUT2D eigenvalue weighted by atomic mass is 32.2. The molecule has 21 heavy (non-hydrogen) atoms. The van der Waals surface area contributed by atoms with Gasteiger partial charge in [-0.25, -0.2) is 4.98 Å². The van der Waals surface area contributed by atoms with Crippen molar-refractivity contribution in [3.8, 4) is 5.75 Å². The number of aryl methyl sites for hydroxylation is 1. The number of thioether (sulfide) groups is 1. The quantitative estimate of drug-likeness (QED) is 0.654. The fourth-order valence-corrected chi connectivity index (χ4v) is 3.12. The molecule has 0 aliphatic rings. The van der Waals surface area contributed by atoms with E-state index in [1.54, 1.807) is 14.0 Å². The van der Waals surface area contributed by atoms with Crippen molar-refractivity contribution in [3.63, 3.8) is 0 Å². The summed E-state index contributed by atoms with van der Waals surface area (Å²) < 4.78 is 5.25. The lowest BCUT2D eigenvalue weighted by atomic mass is 10.1. The first-order valence-electron chi connectivity index (χ1n) is 6.63. The van der Waals surface area contributed by atoms with E-state index in [2.05, 4.69) is 9.97 Å². The van der Waals surface area contributed by atoms with Crippen LogP contribution in [-0.4, -0.2) is 23.1 Å².